The number of aromatic nitrogens is 1. The quantitative estimate of drug-likeness (QED) is 0.817. The molecule has 1 aromatic rings. The van der Waals surface area contributed by atoms with Gasteiger partial charge in [0.05, 0.1) is 0 Å². The maximum absolute atomic E-state index is 12.6. The van der Waals surface area contributed by atoms with E-state index in [2.05, 4.69) is 10.3 Å². The first-order valence-electron chi connectivity index (χ1n) is 6.65. The Bertz CT molecular complexity index is 525. The lowest BCUT2D eigenvalue weighted by Gasteiger charge is -2.33. The van der Waals surface area contributed by atoms with Crippen molar-refractivity contribution in [2.75, 3.05) is 19.6 Å². The molecule has 2 rings (SSSR count). The van der Waals surface area contributed by atoms with E-state index in [0.29, 0.717) is 17.8 Å². The minimum Gasteiger partial charge on any atom is -0.354 e. The van der Waals surface area contributed by atoms with Crippen LogP contribution in [0.2, 0.25) is 0 Å². The molecule has 5 nitrogen and oxygen atoms in total. The molecule has 1 saturated heterocycles. The number of nitrogens with zero attached hydrogens (tertiary/aromatic N) is 1. The average Bonchev–Trinajstić information content (AvgIpc) is 2.64. The lowest BCUT2D eigenvalue weighted by Crippen LogP contribution is -2.52. The van der Waals surface area contributed by atoms with Crippen molar-refractivity contribution in [3.05, 3.63) is 22.5 Å². The van der Waals surface area contributed by atoms with Gasteiger partial charge in [-0.25, -0.2) is 0 Å². The zero-order chi connectivity index (χ0) is 14.2. The first-order chi connectivity index (χ1) is 8.93. The van der Waals surface area contributed by atoms with E-state index in [4.69, 9.17) is 0 Å². The van der Waals surface area contributed by atoms with Gasteiger partial charge in [-0.2, -0.15) is 0 Å². The predicted octanol–water partition coefficient (Wildman–Crippen LogP) is 1.69. The zero-order valence-corrected chi connectivity index (χ0v) is 13.2. The highest BCUT2D eigenvalue weighted by Crippen LogP contribution is 2.21. The van der Waals surface area contributed by atoms with Crippen LogP contribution in [0.5, 0.6) is 0 Å². The third-order valence-corrected chi connectivity index (χ3v) is 3.77. The van der Waals surface area contributed by atoms with Gasteiger partial charge in [0.2, 0.25) is 0 Å². The van der Waals surface area contributed by atoms with E-state index in [9.17, 15) is 9.59 Å². The van der Waals surface area contributed by atoms with Crippen LogP contribution in [0, 0.1) is 13.8 Å². The van der Waals surface area contributed by atoms with Gasteiger partial charge in [0, 0.05) is 36.9 Å². The van der Waals surface area contributed by atoms with Gasteiger partial charge in [-0.05, 0) is 33.3 Å². The minimum atomic E-state index is -0.0119. The van der Waals surface area contributed by atoms with Gasteiger partial charge in [-0.1, -0.05) is 0 Å². The third kappa shape index (κ3) is 2.88. The fourth-order valence-electron chi connectivity index (χ4n) is 2.78. The number of aromatic amines is 1. The molecule has 1 fully saturated rings. The molecule has 112 valence electrons. The van der Waals surface area contributed by atoms with Crippen molar-refractivity contribution in [1.29, 1.82) is 0 Å². The molecule has 0 spiro atoms. The van der Waals surface area contributed by atoms with Crippen LogP contribution in [-0.2, 0) is 0 Å². The number of carbonyl (C=O) groups is 2. The zero-order valence-electron chi connectivity index (χ0n) is 12.4. The van der Waals surface area contributed by atoms with E-state index >= 15 is 0 Å². The molecule has 1 amide bonds. The number of aryl methyl sites for hydroxylation is 1. The summed E-state index contributed by atoms with van der Waals surface area (Å²) < 4.78 is 0. The number of rotatable bonds is 2. The highest BCUT2D eigenvalue weighted by Gasteiger charge is 2.28. The van der Waals surface area contributed by atoms with Gasteiger partial charge in [0.15, 0.2) is 5.78 Å². The molecule has 2 heterocycles. The summed E-state index contributed by atoms with van der Waals surface area (Å²) in [5.74, 6) is -0.0132. The standard InChI is InChI=1S/C14H21N3O2.ClH/c1-8-7-15-5-6-17(8)14(19)13-9(2)12(11(4)18)10(3)16-13;/h8,15-16H,5-7H2,1-4H3;1H/t8-;/m1./s1. The minimum absolute atomic E-state index is 0. The summed E-state index contributed by atoms with van der Waals surface area (Å²) >= 11 is 0. The largest absolute Gasteiger partial charge is 0.354 e. The molecule has 1 aliphatic rings. The van der Waals surface area contributed by atoms with Crippen molar-refractivity contribution in [3.8, 4) is 0 Å². The Morgan fingerprint density at radius 2 is 1.95 bits per heavy atom. The first kappa shape index (κ1) is 16.7. The molecule has 0 radical (unpaired) electrons. The molecule has 0 unspecified atom stereocenters. The number of piperazine rings is 1. The SMILES string of the molecule is CC(=O)c1c(C)[nH]c(C(=O)N2CCNC[C@H]2C)c1C.Cl. The normalized spacial score (nSPS) is 18.6. The van der Waals surface area contributed by atoms with E-state index in [-0.39, 0.29) is 30.1 Å². The topological polar surface area (TPSA) is 65.2 Å². The number of Topliss-reactive ketones (excluding diaryl/α,β-unsaturated/α-hetero) is 1. The van der Waals surface area contributed by atoms with E-state index in [1.54, 1.807) is 0 Å². The Labute approximate surface area is 125 Å². The van der Waals surface area contributed by atoms with E-state index in [1.165, 1.54) is 6.92 Å². The van der Waals surface area contributed by atoms with Crippen LogP contribution in [0.3, 0.4) is 0 Å². The lowest BCUT2D eigenvalue weighted by molar-refractivity contribution is 0.0649. The number of carbonyl (C=O) groups excluding carboxylic acids is 2. The van der Waals surface area contributed by atoms with Crippen LogP contribution in [0.15, 0.2) is 0 Å². The second-order valence-corrected chi connectivity index (χ2v) is 5.23. The number of ketones is 1. The Morgan fingerprint density at radius 1 is 1.30 bits per heavy atom. The summed E-state index contributed by atoms with van der Waals surface area (Å²) in [5, 5.41) is 3.26. The number of amides is 1. The van der Waals surface area contributed by atoms with Gasteiger partial charge < -0.3 is 15.2 Å². The lowest BCUT2D eigenvalue weighted by atomic mass is 10.1. The average molecular weight is 300 g/mol. The van der Waals surface area contributed by atoms with Crippen molar-refractivity contribution >= 4 is 24.1 Å². The van der Waals surface area contributed by atoms with Crippen LogP contribution in [-0.4, -0.2) is 47.3 Å². The van der Waals surface area contributed by atoms with Gasteiger partial charge in [0.1, 0.15) is 5.69 Å². The van der Waals surface area contributed by atoms with Crippen LogP contribution in [0.1, 0.15) is 46.0 Å². The van der Waals surface area contributed by atoms with Crippen LogP contribution < -0.4 is 5.32 Å². The Hall–Kier alpha value is -1.33. The number of H-pyrrole nitrogens is 1. The Morgan fingerprint density at radius 3 is 2.45 bits per heavy atom. The molecule has 0 saturated carbocycles. The maximum Gasteiger partial charge on any atom is 0.270 e. The molecule has 1 aromatic heterocycles. The van der Waals surface area contributed by atoms with Crippen molar-refractivity contribution in [1.82, 2.24) is 15.2 Å². The summed E-state index contributed by atoms with van der Waals surface area (Å²) in [6, 6.07) is 0.171. The van der Waals surface area contributed by atoms with E-state index in [0.717, 1.165) is 24.3 Å². The monoisotopic (exact) mass is 299 g/mol. The van der Waals surface area contributed by atoms with E-state index < -0.39 is 0 Å². The highest BCUT2D eigenvalue weighted by atomic mass is 35.5. The molecule has 0 aliphatic carbocycles. The number of hydrogen-bond acceptors (Lipinski definition) is 3. The summed E-state index contributed by atoms with van der Waals surface area (Å²) in [5.41, 5.74) is 2.74. The van der Waals surface area contributed by atoms with Gasteiger partial charge in [-0.15, -0.1) is 12.4 Å². The van der Waals surface area contributed by atoms with Crippen LogP contribution in [0.4, 0.5) is 0 Å². The summed E-state index contributed by atoms with van der Waals surface area (Å²) in [6.45, 7) is 9.55. The predicted molar refractivity (Wildman–Crippen MR) is 80.9 cm³/mol. The second kappa shape index (κ2) is 6.41. The molecule has 1 atom stereocenters. The molecule has 2 N–H and O–H groups in total. The highest BCUT2D eigenvalue weighted by molar-refractivity contribution is 6.02. The molecule has 6 heteroatoms. The summed E-state index contributed by atoms with van der Waals surface area (Å²) in [7, 11) is 0. The fraction of sp³-hybridized carbons (Fsp3) is 0.571. The Kier molecular flexibility index (Phi) is 5.36. The van der Waals surface area contributed by atoms with Crippen molar-refractivity contribution in [2.45, 2.75) is 33.7 Å². The Balaban J connectivity index is 0.00000200. The number of hydrogen-bond donors (Lipinski definition) is 2. The second-order valence-electron chi connectivity index (χ2n) is 5.23. The summed E-state index contributed by atoms with van der Waals surface area (Å²) in [6.07, 6.45) is 0. The van der Waals surface area contributed by atoms with Crippen molar-refractivity contribution in [3.63, 3.8) is 0 Å². The van der Waals surface area contributed by atoms with Gasteiger partial charge in [0.25, 0.3) is 5.91 Å². The van der Waals surface area contributed by atoms with Gasteiger partial charge in [-0.3, -0.25) is 9.59 Å². The number of nitrogens with one attached hydrogen (secondary N) is 2. The fourth-order valence-corrected chi connectivity index (χ4v) is 2.78. The van der Waals surface area contributed by atoms with Crippen molar-refractivity contribution in [2.24, 2.45) is 0 Å². The molecule has 0 aromatic carbocycles. The molecule has 0 bridgehead atoms. The third-order valence-electron chi connectivity index (χ3n) is 3.77. The van der Waals surface area contributed by atoms with E-state index in [1.807, 2.05) is 25.7 Å². The van der Waals surface area contributed by atoms with Crippen molar-refractivity contribution < 1.29 is 9.59 Å². The summed E-state index contributed by atoms with van der Waals surface area (Å²) in [4.78, 5) is 29.1. The maximum atomic E-state index is 12.6. The molecule has 20 heavy (non-hydrogen) atoms. The number of halogens is 1. The van der Waals surface area contributed by atoms with Crippen LogP contribution >= 0.6 is 12.4 Å². The molecular formula is C14H22ClN3O2. The van der Waals surface area contributed by atoms with Crippen LogP contribution in [0.25, 0.3) is 0 Å². The smallest absolute Gasteiger partial charge is 0.270 e. The van der Waals surface area contributed by atoms with Gasteiger partial charge >= 0.3 is 0 Å². The molecule has 1 aliphatic heterocycles. The molecular weight excluding hydrogens is 278 g/mol. The first-order valence-corrected chi connectivity index (χ1v) is 6.65.